The number of ketones is 1. The molecule has 0 fully saturated rings. The van der Waals surface area contributed by atoms with E-state index in [1.165, 1.54) is 13.2 Å². The van der Waals surface area contributed by atoms with Gasteiger partial charge >= 0.3 is 5.63 Å². The molecule has 32 heavy (non-hydrogen) atoms. The van der Waals surface area contributed by atoms with Gasteiger partial charge in [0.05, 0.1) is 16.6 Å². The van der Waals surface area contributed by atoms with E-state index in [1.807, 2.05) is 25.1 Å². The number of carbonyl (C=O) groups is 1. The zero-order chi connectivity index (χ0) is 23.2. The van der Waals surface area contributed by atoms with E-state index in [-0.39, 0.29) is 40.2 Å². The van der Waals surface area contributed by atoms with E-state index in [0.29, 0.717) is 23.1 Å². The number of Topliss-reactive ketones (excluding diaryl/α,β-unsaturated/α-hetero) is 1. The summed E-state index contributed by atoms with van der Waals surface area (Å²) in [7, 11) is 1.45. The van der Waals surface area contributed by atoms with Crippen LogP contribution in [0.4, 0.5) is 0 Å². The summed E-state index contributed by atoms with van der Waals surface area (Å²) >= 11 is 0. The van der Waals surface area contributed by atoms with Gasteiger partial charge in [-0.1, -0.05) is 37.3 Å². The molecule has 168 valence electrons. The molecule has 2 N–H and O–H groups in total. The van der Waals surface area contributed by atoms with Gasteiger partial charge in [0.2, 0.25) is 0 Å². The second-order valence-electron chi connectivity index (χ2n) is 8.54. The van der Waals surface area contributed by atoms with Gasteiger partial charge in [-0.05, 0) is 25.8 Å². The molecule has 0 bridgehead atoms. The number of phenols is 1. The monoisotopic (exact) mass is 438 g/mol. The van der Waals surface area contributed by atoms with Gasteiger partial charge < -0.3 is 24.1 Å². The molecule has 3 aromatic rings. The fraction of sp³-hybridized carbons (Fsp3) is 0.360. The summed E-state index contributed by atoms with van der Waals surface area (Å²) in [5.41, 5.74) is -0.423. The molecule has 0 unspecified atom stereocenters. The predicted octanol–water partition coefficient (Wildman–Crippen LogP) is 4.37. The molecule has 7 nitrogen and oxygen atoms in total. The van der Waals surface area contributed by atoms with E-state index in [4.69, 9.17) is 13.9 Å². The first-order valence-corrected chi connectivity index (χ1v) is 10.6. The molecule has 0 radical (unpaired) electrons. The lowest BCUT2D eigenvalue weighted by atomic mass is 9.89. The average Bonchev–Trinajstić information content (AvgIpc) is 3.14. The first-order valence-electron chi connectivity index (χ1n) is 10.6. The van der Waals surface area contributed by atoms with Crippen molar-refractivity contribution < 1.29 is 28.9 Å². The van der Waals surface area contributed by atoms with Crippen molar-refractivity contribution in [2.45, 2.75) is 51.4 Å². The Morgan fingerprint density at radius 2 is 1.91 bits per heavy atom. The third-order valence-corrected chi connectivity index (χ3v) is 5.75. The number of methoxy groups -OCH3 is 1. The van der Waals surface area contributed by atoms with Crippen LogP contribution in [-0.4, -0.2) is 34.8 Å². The van der Waals surface area contributed by atoms with E-state index in [2.05, 4.69) is 0 Å². The maximum absolute atomic E-state index is 13.1. The highest BCUT2D eigenvalue weighted by molar-refractivity contribution is 6.11. The second kappa shape index (κ2) is 8.07. The molecule has 0 spiro atoms. The summed E-state index contributed by atoms with van der Waals surface area (Å²) in [6.45, 7) is 5.00. The summed E-state index contributed by atoms with van der Waals surface area (Å²) < 4.78 is 17.3. The number of rotatable bonds is 6. The molecule has 2 aromatic carbocycles. The fourth-order valence-electron chi connectivity index (χ4n) is 4.32. The van der Waals surface area contributed by atoms with Gasteiger partial charge in [0, 0.05) is 25.2 Å². The lowest BCUT2D eigenvalue weighted by Crippen LogP contribution is -2.42. The van der Waals surface area contributed by atoms with Crippen molar-refractivity contribution in [3.05, 3.63) is 57.9 Å². The Kier molecular flexibility index (Phi) is 5.56. The van der Waals surface area contributed by atoms with Crippen LogP contribution in [0, 0.1) is 0 Å². The van der Waals surface area contributed by atoms with Crippen molar-refractivity contribution in [2.24, 2.45) is 0 Å². The quantitative estimate of drug-likeness (QED) is 0.435. The van der Waals surface area contributed by atoms with E-state index >= 15 is 0 Å². The molecule has 2 atom stereocenters. The molecule has 1 aliphatic heterocycles. The predicted molar refractivity (Wildman–Crippen MR) is 119 cm³/mol. The van der Waals surface area contributed by atoms with Crippen molar-refractivity contribution >= 4 is 16.8 Å². The summed E-state index contributed by atoms with van der Waals surface area (Å²) in [6.07, 6.45) is -0.942. The third-order valence-electron chi connectivity index (χ3n) is 5.75. The maximum atomic E-state index is 13.1. The highest BCUT2D eigenvalue weighted by atomic mass is 16.6. The second-order valence-corrected chi connectivity index (χ2v) is 8.54. The molecule has 1 aromatic heterocycles. The lowest BCUT2D eigenvalue weighted by molar-refractivity contribution is -0.0882. The number of aliphatic hydroxyl groups is 1. The number of ether oxygens (including phenoxy) is 2. The SMILES string of the molecule is CCCC(=O)c1c2c(c3oc(=O)cc(-c4ccccc4)c3c1O)[C@H](OC)[C@@H](C(C)(C)O)O2. The number of carbonyl (C=O) groups excluding carboxylic acids is 1. The van der Waals surface area contributed by atoms with Crippen LogP contribution >= 0.6 is 0 Å². The van der Waals surface area contributed by atoms with E-state index in [1.54, 1.807) is 26.0 Å². The van der Waals surface area contributed by atoms with Crippen molar-refractivity contribution in [2.75, 3.05) is 7.11 Å². The molecule has 0 saturated heterocycles. The molecular weight excluding hydrogens is 412 g/mol. The number of benzene rings is 2. The highest BCUT2D eigenvalue weighted by Crippen LogP contribution is 2.53. The Morgan fingerprint density at radius 3 is 2.50 bits per heavy atom. The van der Waals surface area contributed by atoms with Crippen LogP contribution in [-0.2, 0) is 4.74 Å². The normalized spacial score (nSPS) is 17.9. The number of aromatic hydroxyl groups is 1. The van der Waals surface area contributed by atoms with Gasteiger partial charge in [0.1, 0.15) is 23.2 Å². The Morgan fingerprint density at radius 1 is 1.22 bits per heavy atom. The lowest BCUT2D eigenvalue weighted by Gasteiger charge is -2.29. The van der Waals surface area contributed by atoms with Gasteiger partial charge in [0.25, 0.3) is 0 Å². The highest BCUT2D eigenvalue weighted by Gasteiger charge is 2.48. The molecule has 0 amide bonds. The van der Waals surface area contributed by atoms with Crippen LogP contribution in [0.2, 0.25) is 0 Å². The van der Waals surface area contributed by atoms with Gasteiger partial charge in [0.15, 0.2) is 17.5 Å². The van der Waals surface area contributed by atoms with Gasteiger partial charge in [-0.3, -0.25) is 4.79 Å². The van der Waals surface area contributed by atoms with Crippen molar-refractivity contribution in [1.82, 2.24) is 0 Å². The standard InChI is InChI=1S/C25H26O7/c1-5-9-15(26)18-20(28)17-14(13-10-7-6-8-11-13)12-16(27)31-21(17)19-22(18)32-24(23(19)30-4)25(2,3)29/h6-8,10-12,23-24,28-29H,5,9H2,1-4H3/t23-,24-/m0/s1. The van der Waals surface area contributed by atoms with Crippen molar-refractivity contribution in [1.29, 1.82) is 0 Å². The van der Waals surface area contributed by atoms with Crippen molar-refractivity contribution in [3.8, 4) is 22.6 Å². The van der Waals surface area contributed by atoms with Crippen LogP contribution in [0.25, 0.3) is 22.1 Å². The Balaban J connectivity index is 2.16. The number of hydrogen-bond donors (Lipinski definition) is 2. The summed E-state index contributed by atoms with van der Waals surface area (Å²) in [5.74, 6) is -0.536. The first-order chi connectivity index (χ1) is 15.2. The summed E-state index contributed by atoms with van der Waals surface area (Å²) in [5, 5.41) is 22.3. The molecule has 0 aliphatic carbocycles. The summed E-state index contributed by atoms with van der Waals surface area (Å²) in [4.78, 5) is 25.6. The molecule has 0 saturated carbocycles. The largest absolute Gasteiger partial charge is 0.506 e. The van der Waals surface area contributed by atoms with Crippen molar-refractivity contribution in [3.63, 3.8) is 0 Å². The van der Waals surface area contributed by atoms with Crippen LogP contribution < -0.4 is 10.4 Å². The fourth-order valence-corrected chi connectivity index (χ4v) is 4.32. The Bertz CT molecular complexity index is 1240. The number of phenolic OH excluding ortho intramolecular Hbond substituents is 1. The van der Waals surface area contributed by atoms with Gasteiger partial charge in [-0.25, -0.2) is 4.79 Å². The van der Waals surface area contributed by atoms with E-state index in [0.717, 1.165) is 0 Å². The van der Waals surface area contributed by atoms with Gasteiger partial charge in [-0.15, -0.1) is 0 Å². The Labute approximate surface area is 185 Å². The maximum Gasteiger partial charge on any atom is 0.336 e. The molecule has 2 heterocycles. The number of hydrogen-bond acceptors (Lipinski definition) is 7. The van der Waals surface area contributed by atoms with E-state index in [9.17, 15) is 19.8 Å². The zero-order valence-electron chi connectivity index (χ0n) is 18.5. The first kappa shape index (κ1) is 22.0. The zero-order valence-corrected chi connectivity index (χ0v) is 18.5. The Hall–Kier alpha value is -3.16. The van der Waals surface area contributed by atoms with Crippen LogP contribution in [0.5, 0.6) is 11.5 Å². The van der Waals surface area contributed by atoms with Crippen LogP contribution in [0.3, 0.4) is 0 Å². The summed E-state index contributed by atoms with van der Waals surface area (Å²) in [6, 6.07) is 10.4. The van der Waals surface area contributed by atoms with E-state index < -0.39 is 23.4 Å². The van der Waals surface area contributed by atoms with Gasteiger partial charge in [-0.2, -0.15) is 0 Å². The van der Waals surface area contributed by atoms with Crippen LogP contribution in [0.15, 0.2) is 45.6 Å². The molecular formula is C25H26O7. The minimum Gasteiger partial charge on any atom is -0.506 e. The molecule has 4 rings (SSSR count). The average molecular weight is 438 g/mol. The third kappa shape index (κ3) is 3.47. The number of fused-ring (bicyclic) bond motifs is 3. The smallest absolute Gasteiger partial charge is 0.336 e. The molecule has 7 heteroatoms. The minimum absolute atomic E-state index is 0.00850. The van der Waals surface area contributed by atoms with Crippen LogP contribution in [0.1, 0.15) is 55.6 Å². The topological polar surface area (TPSA) is 106 Å². The molecule has 1 aliphatic rings. The minimum atomic E-state index is -1.34.